The van der Waals surface area contributed by atoms with E-state index in [0.29, 0.717) is 29.7 Å². The zero-order valence-electron chi connectivity index (χ0n) is 25.0. The number of carboxylic acid groups (broad SMARTS) is 1. The second kappa shape index (κ2) is 14.7. The second-order valence-electron chi connectivity index (χ2n) is 10.5. The Kier molecular flexibility index (Phi) is 10.9. The van der Waals surface area contributed by atoms with E-state index >= 15 is 0 Å². The number of amides is 2. The van der Waals surface area contributed by atoms with Crippen molar-refractivity contribution in [1.82, 2.24) is 20.3 Å². The molecule has 3 aromatic rings. The van der Waals surface area contributed by atoms with E-state index in [-0.39, 0.29) is 10.8 Å². The fraction of sp³-hybridized carbons (Fsp3) is 0.333. The average molecular weight is 693 g/mol. The molecule has 1 aromatic carbocycles. The number of hydrogen-bond donors (Lipinski definition) is 6. The molecule has 252 valence electrons. The molecule has 3 heterocycles. The highest BCUT2D eigenvalue weighted by molar-refractivity contribution is 7.80. The highest BCUT2D eigenvalue weighted by atomic mass is 32.3. The molecular formula is C27H32N8O10S2. The van der Waals surface area contributed by atoms with Gasteiger partial charge in [0, 0.05) is 18.1 Å². The van der Waals surface area contributed by atoms with Crippen LogP contribution in [0, 0.1) is 0 Å². The predicted octanol–water partition coefficient (Wildman–Crippen LogP) is 0.641. The summed E-state index contributed by atoms with van der Waals surface area (Å²) in [6.45, 7) is 3.46. The van der Waals surface area contributed by atoms with Crippen molar-refractivity contribution in [2.75, 3.05) is 30.7 Å². The second-order valence-corrected chi connectivity index (χ2v) is 12.4. The number of thiazole rings is 1. The summed E-state index contributed by atoms with van der Waals surface area (Å²) in [6.07, 6.45) is 0.789. The SMILES string of the molecule is CC1(C)[C@H](NC(=O)/C(=N\O[C@@H](COc2ccc(-c3ccnc(NCCCN)c3)cc2)C(=O)O)c2csc(N)n2)C(=O)N1OS(=O)(=O)O. The minimum atomic E-state index is -5.02. The standard InChI is InChI=1S/C27H32N8O10S2/c1-27(2)22(24(37)35(27)45-47(40,41)42)33-23(36)21(18-14-46-26(29)32-18)34-44-19(25(38)39)13-43-17-6-4-15(5-7-17)16-8-11-31-20(12-16)30-10-3-9-28/h4-8,11-12,14,19,22H,3,9-10,13,28H2,1-2H3,(H2,29,32)(H,30,31)(H,33,36)(H,38,39)(H,40,41,42)/b34-21-/t19-,22+/m0/s1. The van der Waals surface area contributed by atoms with Crippen molar-refractivity contribution >= 4 is 56.2 Å². The number of β-lactam (4-membered cyclic amide) rings is 1. The van der Waals surface area contributed by atoms with Gasteiger partial charge in [0.05, 0.1) is 5.54 Å². The Hall–Kier alpha value is -4.89. The molecule has 0 unspecified atom stereocenters. The molecule has 18 nitrogen and oxygen atoms in total. The van der Waals surface area contributed by atoms with Crippen molar-refractivity contribution in [2.24, 2.45) is 10.9 Å². The Labute approximate surface area is 272 Å². The zero-order chi connectivity index (χ0) is 34.4. The molecule has 0 spiro atoms. The van der Waals surface area contributed by atoms with E-state index < -0.39 is 58.2 Å². The molecule has 0 aliphatic carbocycles. The molecule has 2 amide bonds. The van der Waals surface area contributed by atoms with Crippen LogP contribution in [0.5, 0.6) is 5.75 Å². The number of hydroxylamine groups is 2. The minimum absolute atomic E-state index is 0.0562. The van der Waals surface area contributed by atoms with Crippen molar-refractivity contribution in [2.45, 2.75) is 38.0 Å². The van der Waals surface area contributed by atoms with Gasteiger partial charge in [-0.25, -0.2) is 14.8 Å². The lowest BCUT2D eigenvalue weighted by Gasteiger charge is -2.50. The number of carbonyl (C=O) groups is 3. The van der Waals surface area contributed by atoms with Crippen molar-refractivity contribution in [3.8, 4) is 16.9 Å². The third-order valence-electron chi connectivity index (χ3n) is 6.68. The molecule has 20 heteroatoms. The number of nitrogen functional groups attached to an aromatic ring is 1. The van der Waals surface area contributed by atoms with Gasteiger partial charge in [-0.15, -0.1) is 15.6 Å². The number of rotatable bonds is 16. The number of carbonyl (C=O) groups excluding carboxylic acids is 2. The molecule has 47 heavy (non-hydrogen) atoms. The molecule has 0 radical (unpaired) electrons. The van der Waals surface area contributed by atoms with Gasteiger partial charge in [-0.2, -0.15) is 13.5 Å². The average Bonchev–Trinajstić information content (AvgIpc) is 3.45. The van der Waals surface area contributed by atoms with Gasteiger partial charge in [0.1, 0.15) is 29.9 Å². The Balaban J connectivity index is 1.43. The number of nitrogens with one attached hydrogen (secondary N) is 2. The highest BCUT2D eigenvalue weighted by Gasteiger charge is 2.58. The minimum Gasteiger partial charge on any atom is -0.489 e. The summed E-state index contributed by atoms with van der Waals surface area (Å²) in [5.74, 6) is -2.45. The lowest BCUT2D eigenvalue weighted by Crippen LogP contribution is -2.76. The number of benzene rings is 1. The maximum atomic E-state index is 13.2. The van der Waals surface area contributed by atoms with Crippen LogP contribution in [0.3, 0.4) is 0 Å². The van der Waals surface area contributed by atoms with Crippen LogP contribution in [0.2, 0.25) is 0 Å². The van der Waals surface area contributed by atoms with Gasteiger partial charge in [0.15, 0.2) is 10.8 Å². The molecule has 4 rings (SSSR count). The summed E-state index contributed by atoms with van der Waals surface area (Å²) in [5, 5.41) is 20.8. The van der Waals surface area contributed by atoms with Crippen LogP contribution >= 0.6 is 11.3 Å². The molecule has 0 bridgehead atoms. The molecule has 1 saturated heterocycles. The fourth-order valence-corrected chi connectivity index (χ4v) is 5.23. The largest absolute Gasteiger partial charge is 0.489 e. The third kappa shape index (κ3) is 8.89. The van der Waals surface area contributed by atoms with Gasteiger partial charge < -0.3 is 36.8 Å². The number of aromatic nitrogens is 2. The summed E-state index contributed by atoms with van der Waals surface area (Å²) in [6, 6.07) is 9.24. The van der Waals surface area contributed by atoms with Crippen LogP contribution in [0.1, 0.15) is 26.0 Å². The monoisotopic (exact) mass is 692 g/mol. The van der Waals surface area contributed by atoms with Crippen LogP contribution in [0.15, 0.2) is 53.1 Å². The van der Waals surface area contributed by atoms with E-state index in [1.807, 2.05) is 12.1 Å². The zero-order valence-corrected chi connectivity index (χ0v) is 26.7. The molecule has 2 atom stereocenters. The summed E-state index contributed by atoms with van der Waals surface area (Å²) in [5.41, 5.74) is 10.9. The van der Waals surface area contributed by atoms with Crippen LogP contribution in [-0.2, 0) is 33.9 Å². The molecule has 8 N–H and O–H groups in total. The number of aliphatic carboxylic acids is 1. The lowest BCUT2D eigenvalue weighted by molar-refractivity contribution is -0.218. The molecule has 1 aliphatic rings. The van der Waals surface area contributed by atoms with Crippen LogP contribution in [-0.4, -0.2) is 94.0 Å². The maximum Gasteiger partial charge on any atom is 0.418 e. The van der Waals surface area contributed by atoms with Crippen molar-refractivity contribution in [3.63, 3.8) is 0 Å². The fourth-order valence-electron chi connectivity index (χ4n) is 4.22. The quantitative estimate of drug-likeness (QED) is 0.0395. The van der Waals surface area contributed by atoms with Gasteiger partial charge in [0.25, 0.3) is 17.9 Å². The summed E-state index contributed by atoms with van der Waals surface area (Å²) in [7, 11) is -5.02. The number of ether oxygens (including phenoxy) is 1. The maximum absolute atomic E-state index is 13.2. The van der Waals surface area contributed by atoms with Crippen molar-refractivity contribution < 1.29 is 46.3 Å². The first-order valence-electron chi connectivity index (χ1n) is 13.8. The smallest absolute Gasteiger partial charge is 0.418 e. The normalized spacial score (nSPS) is 16.6. The van der Waals surface area contributed by atoms with Crippen LogP contribution in [0.4, 0.5) is 10.9 Å². The molecule has 0 saturated carbocycles. The predicted molar refractivity (Wildman–Crippen MR) is 168 cm³/mol. The van der Waals surface area contributed by atoms with E-state index in [1.54, 1.807) is 30.5 Å². The number of oxime groups is 1. The number of carboxylic acids is 1. The van der Waals surface area contributed by atoms with Crippen molar-refractivity contribution in [1.29, 1.82) is 0 Å². The van der Waals surface area contributed by atoms with Crippen LogP contribution < -0.4 is 26.8 Å². The number of nitrogens with zero attached hydrogens (tertiary/aromatic N) is 4. The Morgan fingerprint density at radius 3 is 2.53 bits per heavy atom. The first kappa shape index (κ1) is 35.0. The first-order valence-corrected chi connectivity index (χ1v) is 16.1. The number of hydrogen-bond acceptors (Lipinski definition) is 15. The summed E-state index contributed by atoms with van der Waals surface area (Å²) < 4.78 is 41.0. The number of anilines is 2. The lowest BCUT2D eigenvalue weighted by atomic mass is 9.84. The topological polar surface area (TPSA) is 271 Å². The molecular weight excluding hydrogens is 660 g/mol. The number of nitrogens with two attached hydrogens (primary N) is 2. The number of pyridine rings is 1. The summed E-state index contributed by atoms with van der Waals surface area (Å²) >= 11 is 0.956. The Morgan fingerprint density at radius 1 is 1.21 bits per heavy atom. The van der Waals surface area contributed by atoms with Gasteiger partial charge in [-0.3, -0.25) is 14.1 Å². The third-order valence-corrected chi connectivity index (χ3v) is 7.69. The van der Waals surface area contributed by atoms with E-state index in [9.17, 15) is 27.9 Å². The van der Waals surface area contributed by atoms with Gasteiger partial charge in [-0.1, -0.05) is 17.3 Å². The van der Waals surface area contributed by atoms with Gasteiger partial charge in [0.2, 0.25) is 0 Å². The van der Waals surface area contributed by atoms with Crippen LogP contribution in [0.25, 0.3) is 11.1 Å². The molecule has 1 fully saturated rings. The van der Waals surface area contributed by atoms with E-state index in [0.717, 1.165) is 28.9 Å². The first-order chi connectivity index (χ1) is 22.2. The van der Waals surface area contributed by atoms with E-state index in [2.05, 4.69) is 30.0 Å². The van der Waals surface area contributed by atoms with Crippen molar-refractivity contribution in [3.05, 3.63) is 53.7 Å². The Morgan fingerprint density at radius 2 is 1.94 bits per heavy atom. The molecule has 1 aliphatic heterocycles. The van der Waals surface area contributed by atoms with Gasteiger partial charge >= 0.3 is 16.4 Å². The Bertz CT molecular complexity index is 1750. The van der Waals surface area contributed by atoms with E-state index in [1.165, 1.54) is 19.2 Å². The molecule has 2 aromatic heterocycles. The summed E-state index contributed by atoms with van der Waals surface area (Å²) in [4.78, 5) is 51.1. The highest BCUT2D eigenvalue weighted by Crippen LogP contribution is 2.33. The van der Waals surface area contributed by atoms with E-state index in [4.69, 9.17) is 25.6 Å². The van der Waals surface area contributed by atoms with Gasteiger partial charge in [-0.05, 0) is 62.2 Å².